The van der Waals surface area contributed by atoms with Crippen molar-refractivity contribution in [2.45, 2.75) is 50.8 Å². The summed E-state index contributed by atoms with van der Waals surface area (Å²) in [6.45, 7) is 4.53. The Bertz CT molecular complexity index is 267. The van der Waals surface area contributed by atoms with Crippen LogP contribution in [0, 0.1) is 5.92 Å². The molecule has 1 heterocycles. The van der Waals surface area contributed by atoms with E-state index in [9.17, 15) is 0 Å². The lowest BCUT2D eigenvalue weighted by Crippen LogP contribution is -2.17. The molecule has 0 N–H and O–H groups in total. The van der Waals surface area contributed by atoms with Gasteiger partial charge in [0.1, 0.15) is 0 Å². The summed E-state index contributed by atoms with van der Waals surface area (Å²) in [6.07, 6.45) is 8.10. The van der Waals surface area contributed by atoms with Crippen molar-refractivity contribution in [2.75, 3.05) is 0 Å². The molecule has 0 saturated carbocycles. The van der Waals surface area contributed by atoms with E-state index in [-0.39, 0.29) is 0 Å². The van der Waals surface area contributed by atoms with Crippen molar-refractivity contribution in [1.82, 2.24) is 4.98 Å². The summed E-state index contributed by atoms with van der Waals surface area (Å²) in [7, 11) is 0. The lowest BCUT2D eigenvalue weighted by Gasteiger charge is -2.21. The topological polar surface area (TPSA) is 12.9 Å². The quantitative estimate of drug-likeness (QED) is 0.667. The summed E-state index contributed by atoms with van der Waals surface area (Å²) in [5, 5.41) is 0. The zero-order valence-electron chi connectivity index (χ0n) is 10.3. The van der Waals surface area contributed by atoms with Crippen LogP contribution >= 0.6 is 15.9 Å². The van der Waals surface area contributed by atoms with E-state index in [1.54, 1.807) is 0 Å². The predicted molar refractivity (Wildman–Crippen MR) is 74.0 cm³/mol. The normalized spacial score (nSPS) is 13.0. The first-order valence-electron chi connectivity index (χ1n) is 6.31. The van der Waals surface area contributed by atoms with Crippen molar-refractivity contribution in [3.05, 3.63) is 30.1 Å². The summed E-state index contributed by atoms with van der Waals surface area (Å²) < 4.78 is 0. The van der Waals surface area contributed by atoms with Gasteiger partial charge in [-0.15, -0.1) is 0 Å². The smallest absolute Gasteiger partial charge is 0.0414 e. The Morgan fingerprint density at radius 3 is 2.38 bits per heavy atom. The van der Waals surface area contributed by atoms with Gasteiger partial charge in [-0.3, -0.25) is 4.98 Å². The second-order valence-electron chi connectivity index (χ2n) is 4.38. The van der Waals surface area contributed by atoms with Crippen LogP contribution in [0.25, 0.3) is 0 Å². The second-order valence-corrected chi connectivity index (χ2v) is 5.55. The highest BCUT2D eigenvalue weighted by Crippen LogP contribution is 2.26. The van der Waals surface area contributed by atoms with Crippen molar-refractivity contribution in [3.8, 4) is 0 Å². The van der Waals surface area contributed by atoms with Gasteiger partial charge in [-0.1, -0.05) is 48.7 Å². The number of hydrogen-bond donors (Lipinski definition) is 0. The van der Waals surface area contributed by atoms with Gasteiger partial charge < -0.3 is 0 Å². The van der Waals surface area contributed by atoms with Gasteiger partial charge in [-0.05, 0) is 30.9 Å². The van der Waals surface area contributed by atoms with E-state index >= 15 is 0 Å². The van der Waals surface area contributed by atoms with Gasteiger partial charge in [-0.25, -0.2) is 0 Å². The molecule has 0 amide bonds. The Balaban J connectivity index is 2.51. The van der Waals surface area contributed by atoms with Crippen LogP contribution < -0.4 is 0 Å². The minimum atomic E-state index is 0.572. The molecular formula is C14H22BrN. The lowest BCUT2D eigenvalue weighted by atomic mass is 9.92. The molecule has 16 heavy (non-hydrogen) atoms. The van der Waals surface area contributed by atoms with Gasteiger partial charge in [0.05, 0.1) is 0 Å². The third-order valence-electron chi connectivity index (χ3n) is 2.96. The molecule has 0 spiro atoms. The van der Waals surface area contributed by atoms with Gasteiger partial charge in [0, 0.05) is 23.1 Å². The Morgan fingerprint density at radius 1 is 1.19 bits per heavy atom. The monoisotopic (exact) mass is 283 g/mol. The first kappa shape index (κ1) is 13.7. The van der Waals surface area contributed by atoms with Gasteiger partial charge in [0.15, 0.2) is 0 Å². The molecule has 0 aromatic carbocycles. The molecular weight excluding hydrogens is 262 g/mol. The highest BCUT2D eigenvalue weighted by Gasteiger charge is 2.17. The molecule has 0 bridgehead atoms. The van der Waals surface area contributed by atoms with Gasteiger partial charge in [0.2, 0.25) is 0 Å². The summed E-state index contributed by atoms with van der Waals surface area (Å²) in [4.78, 5) is 4.96. The number of aromatic nitrogens is 1. The molecule has 1 atom stereocenters. The SMILES string of the molecule is CCCC(CCC)C(Br)Cc1ccccn1. The van der Waals surface area contributed by atoms with Crippen molar-refractivity contribution in [3.63, 3.8) is 0 Å². The standard InChI is InChI=1S/C14H22BrN/c1-3-7-12(8-4-2)14(15)11-13-9-5-6-10-16-13/h5-6,9-10,12,14H,3-4,7-8,11H2,1-2H3. The van der Waals surface area contributed by atoms with E-state index < -0.39 is 0 Å². The molecule has 1 aromatic heterocycles. The highest BCUT2D eigenvalue weighted by atomic mass is 79.9. The van der Waals surface area contributed by atoms with Crippen molar-refractivity contribution >= 4 is 15.9 Å². The fourth-order valence-electron chi connectivity index (χ4n) is 2.13. The third-order valence-corrected chi connectivity index (χ3v) is 4.03. The largest absolute Gasteiger partial charge is 0.261 e. The minimum absolute atomic E-state index is 0.572. The van der Waals surface area contributed by atoms with Crippen LogP contribution in [-0.2, 0) is 6.42 Å². The highest BCUT2D eigenvalue weighted by molar-refractivity contribution is 9.09. The molecule has 0 saturated heterocycles. The number of nitrogens with zero attached hydrogens (tertiary/aromatic N) is 1. The van der Waals surface area contributed by atoms with Gasteiger partial charge in [0.25, 0.3) is 0 Å². The van der Waals surface area contributed by atoms with Gasteiger partial charge >= 0.3 is 0 Å². The Morgan fingerprint density at radius 2 is 1.88 bits per heavy atom. The number of pyridine rings is 1. The summed E-state index contributed by atoms with van der Waals surface area (Å²) in [5.74, 6) is 0.789. The van der Waals surface area contributed by atoms with Crippen LogP contribution in [0.2, 0.25) is 0 Å². The van der Waals surface area contributed by atoms with Crippen molar-refractivity contribution < 1.29 is 0 Å². The van der Waals surface area contributed by atoms with Crippen molar-refractivity contribution in [1.29, 1.82) is 0 Å². The molecule has 0 aliphatic heterocycles. The fourth-order valence-corrected chi connectivity index (χ4v) is 2.99. The number of alkyl halides is 1. The first-order chi connectivity index (χ1) is 7.77. The van der Waals surface area contributed by atoms with Crippen LogP contribution in [0.4, 0.5) is 0 Å². The zero-order chi connectivity index (χ0) is 11.8. The maximum Gasteiger partial charge on any atom is 0.0414 e. The molecule has 0 aliphatic carbocycles. The zero-order valence-corrected chi connectivity index (χ0v) is 11.9. The molecule has 90 valence electrons. The maximum absolute atomic E-state index is 4.39. The van der Waals surface area contributed by atoms with E-state index in [0.29, 0.717) is 4.83 Å². The van der Waals surface area contributed by atoms with E-state index in [1.807, 2.05) is 12.3 Å². The molecule has 1 aromatic rings. The molecule has 0 aliphatic rings. The number of halogens is 1. The van der Waals surface area contributed by atoms with Crippen LogP contribution in [0.1, 0.15) is 45.2 Å². The Hall–Kier alpha value is -0.370. The predicted octanol–water partition coefficient (Wildman–Crippen LogP) is 4.60. The molecule has 1 rings (SSSR count). The molecule has 1 nitrogen and oxygen atoms in total. The number of rotatable bonds is 7. The summed E-state index contributed by atoms with van der Waals surface area (Å²) in [6, 6.07) is 6.15. The maximum atomic E-state index is 4.39. The van der Waals surface area contributed by atoms with Gasteiger partial charge in [-0.2, -0.15) is 0 Å². The Labute approximate surface area is 108 Å². The molecule has 1 unspecified atom stereocenters. The minimum Gasteiger partial charge on any atom is -0.261 e. The summed E-state index contributed by atoms with van der Waals surface area (Å²) in [5.41, 5.74) is 1.20. The fraction of sp³-hybridized carbons (Fsp3) is 0.643. The van der Waals surface area contributed by atoms with Crippen LogP contribution in [0.5, 0.6) is 0 Å². The van der Waals surface area contributed by atoms with E-state index in [1.165, 1.54) is 31.4 Å². The summed E-state index contributed by atoms with van der Waals surface area (Å²) >= 11 is 3.84. The van der Waals surface area contributed by atoms with Crippen LogP contribution in [0.3, 0.4) is 0 Å². The molecule has 0 fully saturated rings. The van der Waals surface area contributed by atoms with Crippen LogP contribution in [-0.4, -0.2) is 9.81 Å². The second kappa shape index (κ2) is 7.83. The van der Waals surface area contributed by atoms with E-state index in [2.05, 4.69) is 46.9 Å². The van der Waals surface area contributed by atoms with Crippen molar-refractivity contribution in [2.24, 2.45) is 5.92 Å². The first-order valence-corrected chi connectivity index (χ1v) is 7.23. The average molecular weight is 284 g/mol. The third kappa shape index (κ3) is 4.65. The lowest BCUT2D eigenvalue weighted by molar-refractivity contribution is 0.425. The number of hydrogen-bond acceptors (Lipinski definition) is 1. The molecule has 0 radical (unpaired) electrons. The molecule has 2 heteroatoms. The average Bonchev–Trinajstić information content (AvgIpc) is 2.30. The Kier molecular flexibility index (Phi) is 6.70. The van der Waals surface area contributed by atoms with Crippen LogP contribution in [0.15, 0.2) is 24.4 Å². The van der Waals surface area contributed by atoms with E-state index in [4.69, 9.17) is 0 Å². The van der Waals surface area contributed by atoms with E-state index in [0.717, 1.165) is 12.3 Å².